The molecule has 1 N–H and O–H groups in total. The summed E-state index contributed by atoms with van der Waals surface area (Å²) < 4.78 is 54.3. The zero-order valence-corrected chi connectivity index (χ0v) is 14.2. The Kier molecular flexibility index (Phi) is 4.69. The lowest BCUT2D eigenvalue weighted by atomic mass is 10.1. The summed E-state index contributed by atoms with van der Waals surface area (Å²) in [5, 5.41) is 2.94. The molecule has 0 aliphatic heterocycles. The molecule has 7 heteroatoms. The van der Waals surface area contributed by atoms with Crippen molar-refractivity contribution >= 4 is 10.0 Å². The molecule has 0 bridgehead atoms. The van der Waals surface area contributed by atoms with E-state index in [1.807, 2.05) is 0 Å². The first-order valence-electron chi connectivity index (χ1n) is 7.55. The highest BCUT2D eigenvalue weighted by Crippen LogP contribution is 2.29. The van der Waals surface area contributed by atoms with Gasteiger partial charge in [-0.3, -0.25) is 0 Å². The van der Waals surface area contributed by atoms with Gasteiger partial charge >= 0.3 is 0 Å². The second kappa shape index (κ2) is 6.78. The van der Waals surface area contributed by atoms with Crippen LogP contribution in [0.2, 0.25) is 0 Å². The minimum atomic E-state index is -3.99. The van der Waals surface area contributed by atoms with E-state index in [1.54, 1.807) is 19.2 Å². The van der Waals surface area contributed by atoms with E-state index in [1.165, 1.54) is 36.5 Å². The molecule has 0 aliphatic carbocycles. The molecule has 1 aromatic heterocycles. The maximum absolute atomic E-state index is 14.2. The molecule has 0 fully saturated rings. The fourth-order valence-corrected chi connectivity index (χ4v) is 3.97. The number of hydrogen-bond acceptors (Lipinski definition) is 3. The summed E-state index contributed by atoms with van der Waals surface area (Å²) in [6.45, 7) is 0.424. The molecule has 0 amide bonds. The zero-order valence-electron chi connectivity index (χ0n) is 13.4. The van der Waals surface area contributed by atoms with Crippen LogP contribution in [0, 0.1) is 11.6 Å². The molecular weight excluding hydrogens is 346 g/mol. The van der Waals surface area contributed by atoms with Crippen molar-refractivity contribution in [2.75, 3.05) is 7.05 Å². The first-order valence-corrected chi connectivity index (χ1v) is 8.99. The first kappa shape index (κ1) is 17.3. The summed E-state index contributed by atoms with van der Waals surface area (Å²) in [5.41, 5.74) is 1.08. The summed E-state index contributed by atoms with van der Waals surface area (Å²) in [5.74, 6) is -1.05. The highest BCUT2D eigenvalue weighted by atomic mass is 32.2. The Bertz CT molecular complexity index is 996. The Morgan fingerprint density at radius 2 is 1.72 bits per heavy atom. The highest BCUT2D eigenvalue weighted by Gasteiger charge is 2.23. The van der Waals surface area contributed by atoms with Gasteiger partial charge in [-0.25, -0.2) is 21.2 Å². The van der Waals surface area contributed by atoms with Crippen LogP contribution in [0.4, 0.5) is 8.78 Å². The number of benzene rings is 2. The molecule has 0 saturated heterocycles. The summed E-state index contributed by atoms with van der Waals surface area (Å²) in [6, 6.07) is 12.1. The highest BCUT2D eigenvalue weighted by molar-refractivity contribution is 7.90. The van der Waals surface area contributed by atoms with E-state index in [9.17, 15) is 17.2 Å². The molecular formula is C18H16F2N2O2S. The van der Waals surface area contributed by atoms with Gasteiger partial charge in [0.2, 0.25) is 0 Å². The Balaban J connectivity index is 2.21. The fourth-order valence-electron chi connectivity index (χ4n) is 2.58. The summed E-state index contributed by atoms with van der Waals surface area (Å²) in [4.78, 5) is -0.0712. The van der Waals surface area contributed by atoms with E-state index in [2.05, 4.69) is 5.32 Å². The molecule has 1 heterocycles. The number of nitrogens with zero attached hydrogens (tertiary/aromatic N) is 1. The van der Waals surface area contributed by atoms with E-state index in [-0.39, 0.29) is 16.2 Å². The number of halogens is 2. The fraction of sp³-hybridized carbons (Fsp3) is 0.111. The Morgan fingerprint density at radius 1 is 1.04 bits per heavy atom. The smallest absolute Gasteiger partial charge is 0.268 e. The third-order valence-corrected chi connectivity index (χ3v) is 5.43. The average molecular weight is 362 g/mol. The van der Waals surface area contributed by atoms with Crippen molar-refractivity contribution < 1.29 is 17.2 Å². The van der Waals surface area contributed by atoms with E-state index in [0.29, 0.717) is 12.1 Å². The van der Waals surface area contributed by atoms with E-state index < -0.39 is 21.7 Å². The van der Waals surface area contributed by atoms with Gasteiger partial charge in [0.05, 0.1) is 10.6 Å². The van der Waals surface area contributed by atoms with Gasteiger partial charge in [0, 0.05) is 18.3 Å². The van der Waals surface area contributed by atoms with Crippen LogP contribution in [0.3, 0.4) is 0 Å². The van der Waals surface area contributed by atoms with Crippen molar-refractivity contribution in [2.45, 2.75) is 11.4 Å². The Labute approximate surface area is 144 Å². The molecule has 3 aromatic rings. The molecule has 0 radical (unpaired) electrons. The van der Waals surface area contributed by atoms with Crippen LogP contribution in [0.15, 0.2) is 65.7 Å². The van der Waals surface area contributed by atoms with E-state index in [0.717, 1.165) is 16.1 Å². The summed E-state index contributed by atoms with van der Waals surface area (Å²) >= 11 is 0. The minimum absolute atomic E-state index is 0.0712. The van der Waals surface area contributed by atoms with Gasteiger partial charge < -0.3 is 5.32 Å². The van der Waals surface area contributed by atoms with E-state index >= 15 is 0 Å². The van der Waals surface area contributed by atoms with Crippen LogP contribution in [0.1, 0.15) is 5.56 Å². The molecule has 130 valence electrons. The topological polar surface area (TPSA) is 51.1 Å². The Morgan fingerprint density at radius 3 is 2.36 bits per heavy atom. The lowest BCUT2D eigenvalue weighted by Gasteiger charge is -2.11. The molecule has 4 nitrogen and oxygen atoms in total. The van der Waals surface area contributed by atoms with Crippen LogP contribution < -0.4 is 5.32 Å². The second-order valence-electron chi connectivity index (χ2n) is 5.50. The van der Waals surface area contributed by atoms with Crippen molar-refractivity contribution in [3.8, 4) is 11.3 Å². The van der Waals surface area contributed by atoms with Crippen LogP contribution in [0.5, 0.6) is 0 Å². The molecule has 0 aliphatic rings. The minimum Gasteiger partial charge on any atom is -0.316 e. The predicted molar refractivity (Wildman–Crippen MR) is 91.6 cm³/mol. The molecule has 0 atom stereocenters. The normalized spacial score (nSPS) is 11.6. The first-order chi connectivity index (χ1) is 11.9. The van der Waals surface area contributed by atoms with Gasteiger partial charge in [-0.05, 0) is 55.1 Å². The molecule has 3 rings (SSSR count). The molecule has 25 heavy (non-hydrogen) atoms. The second-order valence-corrected chi connectivity index (χ2v) is 7.31. The van der Waals surface area contributed by atoms with Crippen LogP contribution in [-0.4, -0.2) is 19.4 Å². The number of aromatic nitrogens is 1. The van der Waals surface area contributed by atoms with E-state index in [4.69, 9.17) is 0 Å². The van der Waals surface area contributed by atoms with Crippen molar-refractivity contribution in [1.29, 1.82) is 0 Å². The number of hydrogen-bond donors (Lipinski definition) is 1. The van der Waals surface area contributed by atoms with Gasteiger partial charge in [-0.1, -0.05) is 12.1 Å². The van der Waals surface area contributed by atoms with Crippen LogP contribution in [0.25, 0.3) is 11.3 Å². The number of rotatable bonds is 5. The summed E-state index contributed by atoms with van der Waals surface area (Å²) in [6.07, 6.45) is 1.44. The van der Waals surface area contributed by atoms with Gasteiger partial charge in [0.15, 0.2) is 0 Å². The maximum Gasteiger partial charge on any atom is 0.268 e. The summed E-state index contributed by atoms with van der Waals surface area (Å²) in [7, 11) is -2.26. The standard InChI is InChI=1S/C18H16F2N2O2S/c1-21-11-13-10-18(16-4-2-3-5-17(16)20)22(12-13)25(23,24)15-8-6-14(19)7-9-15/h2-10,12,21H,11H2,1H3. The van der Waals surface area contributed by atoms with Gasteiger partial charge in [0.1, 0.15) is 11.6 Å². The van der Waals surface area contributed by atoms with Gasteiger partial charge in [0.25, 0.3) is 10.0 Å². The predicted octanol–water partition coefficient (Wildman–Crippen LogP) is 3.39. The van der Waals surface area contributed by atoms with Crippen molar-refractivity contribution in [2.24, 2.45) is 0 Å². The molecule has 0 unspecified atom stereocenters. The lowest BCUT2D eigenvalue weighted by Crippen LogP contribution is -2.14. The Hall–Kier alpha value is -2.51. The monoisotopic (exact) mass is 362 g/mol. The van der Waals surface area contributed by atoms with Crippen molar-refractivity contribution in [3.63, 3.8) is 0 Å². The van der Waals surface area contributed by atoms with Crippen molar-refractivity contribution in [3.05, 3.63) is 78.0 Å². The SMILES string of the molecule is CNCc1cc(-c2ccccc2F)n(S(=O)(=O)c2ccc(F)cc2)c1. The van der Waals surface area contributed by atoms with Crippen molar-refractivity contribution in [1.82, 2.24) is 9.29 Å². The molecule has 0 spiro atoms. The van der Waals surface area contributed by atoms with Gasteiger partial charge in [-0.15, -0.1) is 0 Å². The van der Waals surface area contributed by atoms with Gasteiger partial charge in [-0.2, -0.15) is 0 Å². The molecule has 2 aromatic carbocycles. The third-order valence-electron chi connectivity index (χ3n) is 3.74. The van der Waals surface area contributed by atoms with Crippen LogP contribution >= 0.6 is 0 Å². The lowest BCUT2D eigenvalue weighted by molar-refractivity contribution is 0.586. The average Bonchev–Trinajstić information content (AvgIpc) is 3.00. The zero-order chi connectivity index (χ0) is 18.0. The van der Waals surface area contributed by atoms with Crippen LogP contribution in [-0.2, 0) is 16.6 Å². The molecule has 0 saturated carbocycles. The largest absolute Gasteiger partial charge is 0.316 e. The number of nitrogens with one attached hydrogen (secondary N) is 1. The maximum atomic E-state index is 14.2. The third kappa shape index (κ3) is 3.33. The quantitative estimate of drug-likeness (QED) is 0.757.